The highest BCUT2D eigenvalue weighted by Gasteiger charge is 2.16. The first-order chi connectivity index (χ1) is 13.0. The van der Waals surface area contributed by atoms with Gasteiger partial charge in [-0.15, -0.1) is 11.8 Å². The molecule has 0 saturated carbocycles. The maximum atomic E-state index is 12.4. The number of carbonyl (C=O) groups is 2. The Bertz CT molecular complexity index is 956. The van der Waals surface area contributed by atoms with Crippen LogP contribution in [0.15, 0.2) is 57.9 Å². The van der Waals surface area contributed by atoms with Crippen LogP contribution < -0.4 is 0 Å². The Morgan fingerprint density at radius 1 is 1.15 bits per heavy atom. The van der Waals surface area contributed by atoms with Crippen molar-refractivity contribution in [2.75, 3.05) is 6.61 Å². The second kappa shape index (κ2) is 8.83. The molecule has 0 unspecified atom stereocenters. The Kier molecular flexibility index (Phi) is 6.26. The number of ether oxygens (including phenoxy) is 1. The summed E-state index contributed by atoms with van der Waals surface area (Å²) in [7, 11) is 0. The van der Waals surface area contributed by atoms with Gasteiger partial charge >= 0.3 is 5.97 Å². The molecule has 27 heavy (non-hydrogen) atoms. The molecule has 0 amide bonds. The Balaban J connectivity index is 1.62. The number of carbonyl (C=O) groups excluding carboxylic acids is 2. The molecule has 0 atom stereocenters. The lowest BCUT2D eigenvalue weighted by Crippen LogP contribution is -2.14. The number of thioether (sulfide) groups is 1. The molecule has 1 aromatic heterocycles. The predicted molar refractivity (Wildman–Crippen MR) is 101 cm³/mol. The number of aryl methyl sites for hydroxylation is 1. The number of halogens is 1. The van der Waals surface area contributed by atoms with E-state index in [2.05, 4.69) is 10.1 Å². The van der Waals surface area contributed by atoms with E-state index in [1.54, 1.807) is 49.4 Å². The fourth-order valence-electron chi connectivity index (χ4n) is 2.23. The van der Waals surface area contributed by atoms with E-state index in [-0.39, 0.29) is 12.4 Å². The van der Waals surface area contributed by atoms with Crippen LogP contribution in [0.25, 0.3) is 0 Å². The summed E-state index contributed by atoms with van der Waals surface area (Å²) >= 11 is 7.18. The number of esters is 1. The highest BCUT2D eigenvalue weighted by atomic mass is 35.5. The lowest BCUT2D eigenvalue weighted by atomic mass is 10.1. The van der Waals surface area contributed by atoms with Crippen LogP contribution in [0.4, 0.5) is 0 Å². The van der Waals surface area contributed by atoms with Crippen molar-refractivity contribution in [2.24, 2.45) is 0 Å². The SMILES string of the molecule is Cc1noc(CSc2ccccc2C(=O)OCC(=O)c2ccc(Cl)cc2)n1. The molecule has 3 aromatic rings. The Morgan fingerprint density at radius 2 is 1.89 bits per heavy atom. The van der Waals surface area contributed by atoms with Gasteiger partial charge in [-0.25, -0.2) is 4.79 Å². The lowest BCUT2D eigenvalue weighted by molar-refractivity contribution is 0.0471. The molecule has 0 N–H and O–H groups in total. The van der Waals surface area contributed by atoms with Gasteiger partial charge in [0.15, 0.2) is 18.2 Å². The monoisotopic (exact) mass is 402 g/mol. The van der Waals surface area contributed by atoms with Crippen molar-refractivity contribution in [1.29, 1.82) is 0 Å². The van der Waals surface area contributed by atoms with Gasteiger partial charge in [-0.3, -0.25) is 4.79 Å². The van der Waals surface area contributed by atoms with Gasteiger partial charge in [0.05, 0.1) is 11.3 Å². The molecule has 0 saturated heterocycles. The summed E-state index contributed by atoms with van der Waals surface area (Å²) in [5, 5.41) is 4.27. The molecule has 0 radical (unpaired) electrons. The number of rotatable bonds is 7. The molecule has 0 aliphatic carbocycles. The van der Waals surface area contributed by atoms with Crippen LogP contribution in [0.2, 0.25) is 5.02 Å². The quantitative estimate of drug-likeness (QED) is 0.330. The van der Waals surface area contributed by atoms with Gasteiger partial charge < -0.3 is 9.26 Å². The van der Waals surface area contributed by atoms with Crippen molar-refractivity contribution in [2.45, 2.75) is 17.6 Å². The third-order valence-electron chi connectivity index (χ3n) is 3.53. The molecule has 0 aliphatic rings. The molecule has 3 rings (SSSR count). The molecule has 6 nitrogen and oxygen atoms in total. The number of benzene rings is 2. The standard InChI is InChI=1S/C19H15ClN2O4S/c1-12-21-18(26-22-12)11-27-17-5-3-2-4-15(17)19(24)25-10-16(23)13-6-8-14(20)9-7-13/h2-9H,10-11H2,1H3. The predicted octanol–water partition coefficient (Wildman–Crippen LogP) is 4.36. The van der Waals surface area contributed by atoms with Gasteiger partial charge in [0.1, 0.15) is 0 Å². The fraction of sp³-hybridized carbons (Fsp3) is 0.158. The van der Waals surface area contributed by atoms with Gasteiger partial charge in [-0.2, -0.15) is 4.98 Å². The maximum Gasteiger partial charge on any atom is 0.339 e. The Morgan fingerprint density at radius 3 is 2.59 bits per heavy atom. The first-order valence-electron chi connectivity index (χ1n) is 8.00. The third-order valence-corrected chi connectivity index (χ3v) is 4.84. The number of ketones is 1. The van der Waals surface area contributed by atoms with Gasteiger partial charge in [-0.1, -0.05) is 28.9 Å². The number of Topliss-reactive ketones (excluding diaryl/α,β-unsaturated/α-hetero) is 1. The Labute approximate surface area is 164 Å². The summed E-state index contributed by atoms with van der Waals surface area (Å²) in [5.74, 6) is 0.584. The van der Waals surface area contributed by atoms with Crippen molar-refractivity contribution in [3.05, 3.63) is 76.4 Å². The van der Waals surface area contributed by atoms with Gasteiger partial charge in [0, 0.05) is 15.5 Å². The topological polar surface area (TPSA) is 82.3 Å². The molecule has 0 bridgehead atoms. The third kappa shape index (κ3) is 5.18. The van der Waals surface area contributed by atoms with Crippen LogP contribution in [0.3, 0.4) is 0 Å². The molecule has 8 heteroatoms. The van der Waals surface area contributed by atoms with Crippen LogP contribution in [-0.2, 0) is 10.5 Å². The minimum Gasteiger partial charge on any atom is -0.454 e. The van der Waals surface area contributed by atoms with Crippen LogP contribution >= 0.6 is 23.4 Å². The normalized spacial score (nSPS) is 10.6. The highest BCUT2D eigenvalue weighted by Crippen LogP contribution is 2.26. The zero-order chi connectivity index (χ0) is 19.2. The second-order valence-corrected chi connectivity index (χ2v) is 6.98. The molecule has 0 spiro atoms. The molecule has 2 aromatic carbocycles. The van der Waals surface area contributed by atoms with E-state index in [1.165, 1.54) is 11.8 Å². The summed E-state index contributed by atoms with van der Waals surface area (Å²) in [5.41, 5.74) is 0.810. The van der Waals surface area contributed by atoms with E-state index >= 15 is 0 Å². The first kappa shape index (κ1) is 19.1. The zero-order valence-corrected chi connectivity index (χ0v) is 15.9. The molecule has 0 fully saturated rings. The summed E-state index contributed by atoms with van der Waals surface area (Å²) in [6.07, 6.45) is 0. The number of nitrogens with zero attached hydrogens (tertiary/aromatic N) is 2. The minimum absolute atomic E-state index is 0.300. The van der Waals surface area contributed by atoms with Crippen molar-refractivity contribution in [3.63, 3.8) is 0 Å². The van der Waals surface area contributed by atoms with Crippen LogP contribution in [0, 0.1) is 6.92 Å². The number of aromatic nitrogens is 2. The largest absolute Gasteiger partial charge is 0.454 e. The summed E-state index contributed by atoms with van der Waals surface area (Å²) < 4.78 is 10.3. The second-order valence-electron chi connectivity index (χ2n) is 5.53. The maximum absolute atomic E-state index is 12.4. The first-order valence-corrected chi connectivity index (χ1v) is 9.36. The molecule has 1 heterocycles. The molecule has 0 aliphatic heterocycles. The average molecular weight is 403 g/mol. The van der Waals surface area contributed by atoms with E-state index in [0.717, 1.165) is 0 Å². The van der Waals surface area contributed by atoms with E-state index in [9.17, 15) is 9.59 Å². The lowest BCUT2D eigenvalue weighted by Gasteiger charge is -2.08. The van der Waals surface area contributed by atoms with Crippen molar-refractivity contribution in [1.82, 2.24) is 10.1 Å². The van der Waals surface area contributed by atoms with Crippen LogP contribution in [-0.4, -0.2) is 28.5 Å². The average Bonchev–Trinajstić information content (AvgIpc) is 3.10. The van der Waals surface area contributed by atoms with Crippen molar-refractivity contribution < 1.29 is 18.8 Å². The van der Waals surface area contributed by atoms with Gasteiger partial charge in [0.25, 0.3) is 0 Å². The van der Waals surface area contributed by atoms with Crippen molar-refractivity contribution >= 4 is 35.1 Å². The number of hydrogen-bond donors (Lipinski definition) is 0. The van der Waals surface area contributed by atoms with E-state index in [1.807, 2.05) is 6.07 Å². The summed E-state index contributed by atoms with van der Waals surface area (Å²) in [4.78, 5) is 29.4. The Hall–Kier alpha value is -2.64. The fourth-order valence-corrected chi connectivity index (χ4v) is 3.23. The summed E-state index contributed by atoms with van der Waals surface area (Å²) in [6, 6.07) is 13.4. The zero-order valence-electron chi connectivity index (χ0n) is 14.3. The van der Waals surface area contributed by atoms with Gasteiger partial charge in [0.2, 0.25) is 5.89 Å². The molecular formula is C19H15ClN2O4S. The summed E-state index contributed by atoms with van der Waals surface area (Å²) in [6.45, 7) is 1.39. The van der Waals surface area contributed by atoms with Crippen molar-refractivity contribution in [3.8, 4) is 0 Å². The number of hydrogen-bond acceptors (Lipinski definition) is 7. The highest BCUT2D eigenvalue weighted by molar-refractivity contribution is 7.98. The van der Waals surface area contributed by atoms with E-state index in [0.29, 0.717) is 38.5 Å². The van der Waals surface area contributed by atoms with E-state index < -0.39 is 5.97 Å². The van der Waals surface area contributed by atoms with Crippen LogP contribution in [0.1, 0.15) is 32.4 Å². The van der Waals surface area contributed by atoms with Crippen LogP contribution in [0.5, 0.6) is 0 Å². The molecular weight excluding hydrogens is 388 g/mol. The van der Waals surface area contributed by atoms with Gasteiger partial charge in [-0.05, 0) is 43.3 Å². The smallest absolute Gasteiger partial charge is 0.339 e. The molecule has 138 valence electrons. The van der Waals surface area contributed by atoms with E-state index in [4.69, 9.17) is 20.9 Å². The minimum atomic E-state index is -0.567.